The van der Waals surface area contributed by atoms with Crippen molar-refractivity contribution in [2.75, 3.05) is 0 Å². The molecule has 0 aliphatic heterocycles. The number of halogens is 2. The molecule has 4 heteroatoms. The lowest BCUT2D eigenvalue weighted by Crippen LogP contribution is -2.21. The molecule has 0 rings (SSSR count). The Morgan fingerprint density at radius 2 is 2.14 bits per heavy atom. The van der Waals surface area contributed by atoms with E-state index in [1.807, 2.05) is 0 Å². The Kier molecular flexibility index (Phi) is 3.29. The van der Waals surface area contributed by atoms with E-state index in [1.54, 1.807) is 0 Å². The number of carbonyl (C=O) groups excluding carboxylic acids is 1. The van der Waals surface area contributed by atoms with Crippen LogP contribution in [0.2, 0.25) is 0 Å². The summed E-state index contributed by atoms with van der Waals surface area (Å²) in [6.07, 6.45) is 0. The minimum Gasteiger partial charge on any atom is -0.544 e. The van der Waals surface area contributed by atoms with Crippen LogP contribution in [-0.2, 0) is 4.79 Å². The molecule has 0 aromatic rings. The first-order valence-electron chi connectivity index (χ1n) is 1.35. The third-order valence-corrected chi connectivity index (χ3v) is 1.92. The van der Waals surface area contributed by atoms with Gasteiger partial charge in [-0.15, -0.1) is 0 Å². The maximum absolute atomic E-state index is 9.67. The molecule has 40 valence electrons. The standard InChI is InChI=1S/C3H2Br2O2/c4-1-2(5)3(6)7/h1H,(H,6,7)/p-1/b2-1-. The number of hydrogen-bond donors (Lipinski definition) is 0. The van der Waals surface area contributed by atoms with Gasteiger partial charge in [-0.3, -0.25) is 0 Å². The zero-order valence-corrected chi connectivity index (χ0v) is 6.32. The van der Waals surface area contributed by atoms with Crippen molar-refractivity contribution < 1.29 is 9.90 Å². The fourth-order valence-corrected chi connectivity index (χ4v) is 0.231. The lowest BCUT2D eigenvalue weighted by atomic mass is 10.7. The van der Waals surface area contributed by atoms with Crippen LogP contribution in [0, 0.1) is 0 Å². The zero-order valence-electron chi connectivity index (χ0n) is 3.15. The Morgan fingerprint density at radius 3 is 2.14 bits per heavy atom. The van der Waals surface area contributed by atoms with Crippen LogP contribution in [-0.4, -0.2) is 5.97 Å². The molecular weight excluding hydrogens is 228 g/mol. The van der Waals surface area contributed by atoms with Crippen LogP contribution in [0.1, 0.15) is 0 Å². The molecule has 0 heterocycles. The molecule has 7 heavy (non-hydrogen) atoms. The third-order valence-electron chi connectivity index (χ3n) is 0.291. The minimum absolute atomic E-state index is 0.00694. The van der Waals surface area contributed by atoms with Crippen molar-refractivity contribution in [1.82, 2.24) is 0 Å². The Balaban J connectivity index is 3.82. The molecule has 0 spiro atoms. The molecule has 0 aromatic carbocycles. The molecule has 0 aliphatic rings. The number of rotatable bonds is 1. The third kappa shape index (κ3) is 2.82. The van der Waals surface area contributed by atoms with Gasteiger partial charge < -0.3 is 9.90 Å². The van der Waals surface area contributed by atoms with Crippen LogP contribution in [0.15, 0.2) is 9.47 Å². The maximum Gasteiger partial charge on any atom is 0.0790 e. The molecule has 0 N–H and O–H groups in total. The fraction of sp³-hybridized carbons (Fsp3) is 0. The second-order valence-corrected chi connectivity index (χ2v) is 2.06. The topological polar surface area (TPSA) is 40.1 Å². The summed E-state index contributed by atoms with van der Waals surface area (Å²) in [4.78, 5) is 10.9. The highest BCUT2D eigenvalue weighted by atomic mass is 79.9. The molecule has 0 fully saturated rings. The zero-order chi connectivity index (χ0) is 5.86. The van der Waals surface area contributed by atoms with Gasteiger partial charge in [0, 0.05) is 4.48 Å². The predicted molar refractivity (Wildman–Crippen MR) is 30.9 cm³/mol. The van der Waals surface area contributed by atoms with Gasteiger partial charge in [0.1, 0.15) is 0 Å². The lowest BCUT2D eigenvalue weighted by molar-refractivity contribution is -0.297. The van der Waals surface area contributed by atoms with E-state index in [1.165, 1.54) is 4.99 Å². The largest absolute Gasteiger partial charge is 0.544 e. The number of carbonyl (C=O) groups is 1. The SMILES string of the molecule is O=C([O-])/C(Br)=C/Br. The van der Waals surface area contributed by atoms with Crippen molar-refractivity contribution in [2.24, 2.45) is 0 Å². The average Bonchev–Trinajstić information content (AvgIpc) is 1.65. The van der Waals surface area contributed by atoms with E-state index in [4.69, 9.17) is 0 Å². The molecule has 0 aromatic heterocycles. The van der Waals surface area contributed by atoms with E-state index >= 15 is 0 Å². The molecule has 0 saturated heterocycles. The second-order valence-electron chi connectivity index (χ2n) is 0.745. The van der Waals surface area contributed by atoms with Crippen LogP contribution in [0.25, 0.3) is 0 Å². The highest BCUT2D eigenvalue weighted by Gasteiger charge is 1.84. The Labute approximate surface area is 57.5 Å². The van der Waals surface area contributed by atoms with Crippen molar-refractivity contribution >= 4 is 37.8 Å². The Morgan fingerprint density at radius 1 is 1.71 bits per heavy atom. The molecule has 0 unspecified atom stereocenters. The van der Waals surface area contributed by atoms with Crippen molar-refractivity contribution in [3.63, 3.8) is 0 Å². The van der Waals surface area contributed by atoms with Gasteiger partial charge >= 0.3 is 0 Å². The smallest absolute Gasteiger partial charge is 0.0790 e. The first-order chi connectivity index (χ1) is 3.18. The van der Waals surface area contributed by atoms with Crippen LogP contribution in [0.4, 0.5) is 0 Å². The number of hydrogen-bond acceptors (Lipinski definition) is 2. The summed E-state index contributed by atoms with van der Waals surface area (Å²) in [5, 5.41) is 9.67. The van der Waals surface area contributed by atoms with Crippen molar-refractivity contribution in [2.45, 2.75) is 0 Å². The summed E-state index contributed by atoms with van der Waals surface area (Å²) >= 11 is 5.48. The number of carboxylic acids is 1. The summed E-state index contributed by atoms with van der Waals surface area (Å²) < 4.78 is 0.00694. The Bertz CT molecular complexity index is 108. The summed E-state index contributed by atoms with van der Waals surface area (Å²) in [5.74, 6) is -1.23. The van der Waals surface area contributed by atoms with Crippen molar-refractivity contribution in [3.05, 3.63) is 9.47 Å². The van der Waals surface area contributed by atoms with E-state index in [-0.39, 0.29) is 4.48 Å². The van der Waals surface area contributed by atoms with Gasteiger partial charge in [0.25, 0.3) is 0 Å². The quantitative estimate of drug-likeness (QED) is 0.609. The molecule has 0 bridgehead atoms. The van der Waals surface area contributed by atoms with Gasteiger partial charge in [-0.2, -0.15) is 0 Å². The van der Waals surface area contributed by atoms with Gasteiger partial charge in [0.2, 0.25) is 0 Å². The lowest BCUT2D eigenvalue weighted by Gasteiger charge is -1.93. The fourth-order valence-electron chi connectivity index (χ4n) is 0.0445. The molecule has 0 saturated carbocycles. The maximum atomic E-state index is 9.67. The van der Waals surface area contributed by atoms with E-state index < -0.39 is 5.97 Å². The molecule has 0 amide bonds. The van der Waals surface area contributed by atoms with Crippen LogP contribution in [0.3, 0.4) is 0 Å². The van der Waals surface area contributed by atoms with E-state index in [9.17, 15) is 9.90 Å². The van der Waals surface area contributed by atoms with E-state index in [2.05, 4.69) is 31.9 Å². The van der Waals surface area contributed by atoms with Crippen molar-refractivity contribution in [1.29, 1.82) is 0 Å². The van der Waals surface area contributed by atoms with Gasteiger partial charge in [-0.1, -0.05) is 15.9 Å². The normalized spacial score (nSPS) is 11.4. The van der Waals surface area contributed by atoms with Gasteiger partial charge in [0.15, 0.2) is 0 Å². The highest BCUT2D eigenvalue weighted by Crippen LogP contribution is 2.04. The van der Waals surface area contributed by atoms with Crippen LogP contribution >= 0.6 is 31.9 Å². The number of carboxylic acid groups (broad SMARTS) is 1. The summed E-state index contributed by atoms with van der Waals surface area (Å²) in [5.41, 5.74) is 0. The molecule has 0 radical (unpaired) electrons. The van der Waals surface area contributed by atoms with Gasteiger partial charge in [-0.05, 0) is 20.9 Å². The monoisotopic (exact) mass is 227 g/mol. The second kappa shape index (κ2) is 3.21. The average molecular weight is 229 g/mol. The minimum atomic E-state index is -1.23. The summed E-state index contributed by atoms with van der Waals surface area (Å²) in [6, 6.07) is 0. The first kappa shape index (κ1) is 7.17. The summed E-state index contributed by atoms with van der Waals surface area (Å²) in [6.45, 7) is 0. The van der Waals surface area contributed by atoms with Crippen LogP contribution in [0.5, 0.6) is 0 Å². The Hall–Kier alpha value is 0.170. The molecule has 0 aliphatic carbocycles. The van der Waals surface area contributed by atoms with E-state index in [0.717, 1.165) is 0 Å². The molecule has 0 atom stereocenters. The summed E-state index contributed by atoms with van der Waals surface area (Å²) in [7, 11) is 0. The van der Waals surface area contributed by atoms with Gasteiger partial charge in [-0.25, -0.2) is 0 Å². The van der Waals surface area contributed by atoms with Gasteiger partial charge in [0.05, 0.1) is 5.97 Å². The molecule has 2 nitrogen and oxygen atoms in total. The highest BCUT2D eigenvalue weighted by molar-refractivity contribution is 9.14. The van der Waals surface area contributed by atoms with Crippen molar-refractivity contribution in [3.8, 4) is 0 Å². The molecular formula is C3HBr2O2-. The van der Waals surface area contributed by atoms with Crippen LogP contribution < -0.4 is 5.11 Å². The van der Waals surface area contributed by atoms with E-state index in [0.29, 0.717) is 0 Å². The predicted octanol–water partition coefficient (Wildman–Crippen LogP) is 0.367. The number of aliphatic carboxylic acids is 1. The first-order valence-corrected chi connectivity index (χ1v) is 3.06.